The third-order valence-electron chi connectivity index (χ3n) is 2.37. The first-order valence-corrected chi connectivity index (χ1v) is 6.91. The van der Waals surface area contributed by atoms with Gasteiger partial charge in [-0.2, -0.15) is 13.2 Å². The minimum atomic E-state index is -4.47. The molecule has 0 unspecified atom stereocenters. The van der Waals surface area contributed by atoms with Gasteiger partial charge in [-0.15, -0.1) is 0 Å². The van der Waals surface area contributed by atoms with Crippen molar-refractivity contribution in [3.63, 3.8) is 0 Å². The van der Waals surface area contributed by atoms with Gasteiger partial charge in [0.25, 0.3) is 0 Å². The fraction of sp³-hybridized carbons (Fsp3) is 0.0833. The van der Waals surface area contributed by atoms with Crippen LogP contribution in [-0.2, 0) is 6.18 Å². The standard InChI is InChI=1S/C12H8Br2F3N3/c13-7-1-2-9(8(14)5-7)19-11-4-6(12(15,16)17)3-10(18)20-11/h1-5H,(H3,18,19,20). The van der Waals surface area contributed by atoms with Gasteiger partial charge in [0.2, 0.25) is 0 Å². The number of hydrogen-bond acceptors (Lipinski definition) is 3. The molecule has 0 atom stereocenters. The highest BCUT2D eigenvalue weighted by Gasteiger charge is 2.31. The number of halogens is 5. The van der Waals surface area contributed by atoms with E-state index in [4.69, 9.17) is 5.73 Å². The molecular weight excluding hydrogens is 403 g/mol. The zero-order valence-electron chi connectivity index (χ0n) is 9.80. The number of hydrogen-bond donors (Lipinski definition) is 2. The van der Waals surface area contributed by atoms with E-state index < -0.39 is 11.7 Å². The number of nitrogen functional groups attached to an aromatic ring is 1. The van der Waals surface area contributed by atoms with Crippen LogP contribution in [0.2, 0.25) is 0 Å². The average Bonchev–Trinajstić information content (AvgIpc) is 2.31. The molecule has 20 heavy (non-hydrogen) atoms. The van der Waals surface area contributed by atoms with Crippen molar-refractivity contribution in [1.82, 2.24) is 4.98 Å². The number of nitrogens with one attached hydrogen (secondary N) is 1. The van der Waals surface area contributed by atoms with Gasteiger partial charge in [0.15, 0.2) is 0 Å². The molecule has 0 radical (unpaired) electrons. The molecule has 0 aliphatic rings. The Labute approximate surface area is 129 Å². The van der Waals surface area contributed by atoms with Gasteiger partial charge in [-0.25, -0.2) is 4.98 Å². The molecule has 2 aromatic rings. The number of benzene rings is 1. The highest BCUT2D eigenvalue weighted by Crippen LogP contribution is 2.33. The second-order valence-corrected chi connectivity index (χ2v) is 5.68. The van der Waals surface area contributed by atoms with Gasteiger partial charge in [0.1, 0.15) is 11.6 Å². The molecule has 0 fully saturated rings. The zero-order valence-corrected chi connectivity index (χ0v) is 13.0. The lowest BCUT2D eigenvalue weighted by Crippen LogP contribution is -2.08. The summed E-state index contributed by atoms with van der Waals surface area (Å²) >= 11 is 6.60. The maximum Gasteiger partial charge on any atom is 0.416 e. The molecule has 0 bridgehead atoms. The molecule has 8 heteroatoms. The summed E-state index contributed by atoms with van der Waals surface area (Å²) in [6.45, 7) is 0. The SMILES string of the molecule is Nc1cc(C(F)(F)F)cc(Nc2ccc(Br)cc2Br)n1. The molecule has 2 rings (SSSR count). The van der Waals surface area contributed by atoms with E-state index in [1.165, 1.54) is 0 Å². The molecular formula is C12H8Br2F3N3. The minimum Gasteiger partial charge on any atom is -0.384 e. The molecule has 0 saturated carbocycles. The van der Waals surface area contributed by atoms with E-state index in [2.05, 4.69) is 42.2 Å². The third kappa shape index (κ3) is 3.63. The maximum absolute atomic E-state index is 12.7. The first-order valence-electron chi connectivity index (χ1n) is 5.32. The van der Waals surface area contributed by atoms with Crippen molar-refractivity contribution < 1.29 is 13.2 Å². The zero-order chi connectivity index (χ0) is 14.9. The number of pyridine rings is 1. The second kappa shape index (κ2) is 5.61. The van der Waals surface area contributed by atoms with Crippen molar-refractivity contribution in [2.24, 2.45) is 0 Å². The van der Waals surface area contributed by atoms with Crippen LogP contribution >= 0.6 is 31.9 Å². The summed E-state index contributed by atoms with van der Waals surface area (Å²) in [5, 5.41) is 2.79. The summed E-state index contributed by atoms with van der Waals surface area (Å²) in [6.07, 6.45) is -4.47. The van der Waals surface area contributed by atoms with Crippen LogP contribution in [0.4, 0.5) is 30.5 Å². The highest BCUT2D eigenvalue weighted by molar-refractivity contribution is 9.11. The second-order valence-electron chi connectivity index (χ2n) is 3.91. The smallest absolute Gasteiger partial charge is 0.384 e. The van der Waals surface area contributed by atoms with Gasteiger partial charge < -0.3 is 11.1 Å². The van der Waals surface area contributed by atoms with Crippen LogP contribution in [0.15, 0.2) is 39.3 Å². The minimum absolute atomic E-state index is 0.0281. The Morgan fingerprint density at radius 1 is 1.10 bits per heavy atom. The average molecular weight is 411 g/mol. The van der Waals surface area contributed by atoms with Crippen LogP contribution in [-0.4, -0.2) is 4.98 Å². The Morgan fingerprint density at radius 3 is 2.40 bits per heavy atom. The first-order chi connectivity index (χ1) is 9.25. The van der Waals surface area contributed by atoms with Gasteiger partial charge >= 0.3 is 6.18 Å². The van der Waals surface area contributed by atoms with E-state index in [0.29, 0.717) is 10.2 Å². The predicted octanol–water partition coefficient (Wildman–Crippen LogP) is 4.95. The van der Waals surface area contributed by atoms with Crippen LogP contribution in [0.5, 0.6) is 0 Å². The lowest BCUT2D eigenvalue weighted by Gasteiger charge is -2.12. The summed E-state index contributed by atoms with van der Waals surface area (Å²) in [6, 6.07) is 6.92. The van der Waals surface area contributed by atoms with Crippen LogP contribution in [0.1, 0.15) is 5.56 Å². The highest BCUT2D eigenvalue weighted by atomic mass is 79.9. The van der Waals surface area contributed by atoms with Crippen molar-refractivity contribution in [2.75, 3.05) is 11.1 Å². The topological polar surface area (TPSA) is 50.9 Å². The van der Waals surface area contributed by atoms with E-state index >= 15 is 0 Å². The summed E-state index contributed by atoms with van der Waals surface area (Å²) in [5.74, 6) is -0.170. The monoisotopic (exact) mass is 409 g/mol. The van der Waals surface area contributed by atoms with Crippen molar-refractivity contribution in [1.29, 1.82) is 0 Å². The number of rotatable bonds is 2. The van der Waals surface area contributed by atoms with Crippen LogP contribution in [0, 0.1) is 0 Å². The summed E-state index contributed by atoms with van der Waals surface area (Å²) in [4.78, 5) is 3.84. The van der Waals surface area contributed by atoms with Crippen LogP contribution in [0.3, 0.4) is 0 Å². The number of alkyl halides is 3. The maximum atomic E-state index is 12.7. The van der Waals surface area contributed by atoms with Crippen molar-refractivity contribution in [2.45, 2.75) is 6.18 Å². The molecule has 0 spiro atoms. The Morgan fingerprint density at radius 2 is 1.80 bits per heavy atom. The number of anilines is 3. The summed E-state index contributed by atoms with van der Waals surface area (Å²) in [5.41, 5.74) is 5.14. The van der Waals surface area contributed by atoms with E-state index in [1.54, 1.807) is 18.2 Å². The Bertz CT molecular complexity index is 644. The van der Waals surface area contributed by atoms with Crippen molar-refractivity contribution >= 4 is 49.2 Å². The van der Waals surface area contributed by atoms with E-state index in [-0.39, 0.29) is 11.6 Å². The molecule has 0 saturated heterocycles. The van der Waals surface area contributed by atoms with Gasteiger partial charge in [-0.3, -0.25) is 0 Å². The van der Waals surface area contributed by atoms with Crippen LogP contribution < -0.4 is 11.1 Å². The molecule has 0 aliphatic carbocycles. The Balaban J connectivity index is 2.36. The van der Waals surface area contributed by atoms with Gasteiger partial charge in [-0.1, -0.05) is 15.9 Å². The summed E-state index contributed by atoms with van der Waals surface area (Å²) < 4.78 is 39.6. The Hall–Kier alpha value is -1.28. The van der Waals surface area contributed by atoms with E-state index in [1.807, 2.05) is 0 Å². The molecule has 0 aliphatic heterocycles. The van der Waals surface area contributed by atoms with Crippen molar-refractivity contribution in [3.05, 3.63) is 44.8 Å². The molecule has 3 nitrogen and oxygen atoms in total. The van der Waals surface area contributed by atoms with Crippen LogP contribution in [0.25, 0.3) is 0 Å². The molecule has 1 aromatic heterocycles. The fourth-order valence-corrected chi connectivity index (χ4v) is 2.65. The first kappa shape index (κ1) is 15.1. The number of nitrogens with zero attached hydrogens (tertiary/aromatic N) is 1. The van der Waals surface area contributed by atoms with Gasteiger partial charge in [-0.05, 0) is 46.3 Å². The molecule has 3 N–H and O–H groups in total. The quantitative estimate of drug-likeness (QED) is 0.736. The Kier molecular flexibility index (Phi) is 4.24. The lowest BCUT2D eigenvalue weighted by atomic mass is 10.2. The van der Waals surface area contributed by atoms with E-state index in [0.717, 1.165) is 16.6 Å². The largest absolute Gasteiger partial charge is 0.416 e. The lowest BCUT2D eigenvalue weighted by molar-refractivity contribution is -0.137. The van der Waals surface area contributed by atoms with E-state index in [9.17, 15) is 13.2 Å². The van der Waals surface area contributed by atoms with Gasteiger partial charge in [0, 0.05) is 8.95 Å². The molecule has 0 amide bonds. The predicted molar refractivity (Wildman–Crippen MR) is 78.8 cm³/mol. The number of nitrogens with two attached hydrogens (primary N) is 1. The fourth-order valence-electron chi connectivity index (χ4n) is 1.51. The van der Waals surface area contributed by atoms with Gasteiger partial charge in [0.05, 0.1) is 11.3 Å². The molecule has 1 aromatic carbocycles. The molecule has 106 valence electrons. The summed E-state index contributed by atoms with van der Waals surface area (Å²) in [7, 11) is 0. The van der Waals surface area contributed by atoms with Crippen molar-refractivity contribution in [3.8, 4) is 0 Å². The third-order valence-corrected chi connectivity index (χ3v) is 3.52. The normalized spacial score (nSPS) is 11.4. The number of aromatic nitrogens is 1. The molecule has 1 heterocycles.